The lowest BCUT2D eigenvalue weighted by molar-refractivity contribution is 0.0696. The standard InChI is InChI=1S/C24H22N2O6/c1-30-20-9-7-18(8-10-20)23(27)26-25-14-16-6-11-21(22(13-16)31-2)32-15-17-4-3-5-19(12-17)24(28)29/h3-14H,15H2,1-2H3,(H,26,27)(H,28,29)/b25-14-. The molecule has 3 rings (SSSR count). The Balaban J connectivity index is 1.62. The number of hydrazone groups is 1. The number of ether oxygens (including phenoxy) is 3. The highest BCUT2D eigenvalue weighted by Gasteiger charge is 2.08. The fraction of sp³-hybridized carbons (Fsp3) is 0.125. The van der Waals surface area contributed by atoms with Crippen LogP contribution in [-0.2, 0) is 6.61 Å². The first-order chi connectivity index (χ1) is 15.5. The molecule has 3 aromatic carbocycles. The molecule has 0 fully saturated rings. The van der Waals surface area contributed by atoms with Crippen LogP contribution in [0.4, 0.5) is 0 Å². The maximum Gasteiger partial charge on any atom is 0.335 e. The van der Waals surface area contributed by atoms with E-state index in [4.69, 9.17) is 19.3 Å². The van der Waals surface area contributed by atoms with Gasteiger partial charge in [-0.1, -0.05) is 12.1 Å². The molecule has 0 spiro atoms. The topological polar surface area (TPSA) is 106 Å². The van der Waals surface area contributed by atoms with E-state index in [-0.39, 0.29) is 18.1 Å². The normalized spacial score (nSPS) is 10.6. The Labute approximate surface area is 185 Å². The lowest BCUT2D eigenvalue weighted by atomic mass is 10.1. The number of amides is 1. The summed E-state index contributed by atoms with van der Waals surface area (Å²) in [5, 5.41) is 13.1. The second kappa shape index (κ2) is 10.6. The molecule has 164 valence electrons. The molecule has 0 aliphatic rings. The van der Waals surface area contributed by atoms with E-state index in [0.29, 0.717) is 28.4 Å². The zero-order valence-electron chi connectivity index (χ0n) is 17.6. The summed E-state index contributed by atoms with van der Waals surface area (Å²) in [7, 11) is 3.07. The summed E-state index contributed by atoms with van der Waals surface area (Å²) in [4.78, 5) is 23.2. The summed E-state index contributed by atoms with van der Waals surface area (Å²) in [6, 6.07) is 18.4. The number of methoxy groups -OCH3 is 2. The Morgan fingerprint density at radius 3 is 2.41 bits per heavy atom. The minimum atomic E-state index is -0.993. The van der Waals surface area contributed by atoms with Crippen molar-refractivity contribution >= 4 is 18.1 Å². The Bertz CT molecular complexity index is 1130. The average Bonchev–Trinajstić information content (AvgIpc) is 2.83. The van der Waals surface area contributed by atoms with Crippen LogP contribution in [0, 0.1) is 0 Å². The first-order valence-corrected chi connectivity index (χ1v) is 9.60. The van der Waals surface area contributed by atoms with Crippen LogP contribution in [0.15, 0.2) is 71.8 Å². The number of carboxylic acid groups (broad SMARTS) is 1. The van der Waals surface area contributed by atoms with Gasteiger partial charge in [0.1, 0.15) is 12.4 Å². The second-order valence-corrected chi connectivity index (χ2v) is 6.63. The van der Waals surface area contributed by atoms with E-state index < -0.39 is 5.97 Å². The Hall–Kier alpha value is -4.33. The van der Waals surface area contributed by atoms with Gasteiger partial charge in [-0.15, -0.1) is 0 Å². The van der Waals surface area contributed by atoms with Crippen molar-refractivity contribution < 1.29 is 28.9 Å². The Morgan fingerprint density at radius 1 is 0.938 bits per heavy atom. The lowest BCUT2D eigenvalue weighted by Gasteiger charge is -2.11. The largest absolute Gasteiger partial charge is 0.497 e. The minimum absolute atomic E-state index is 0.183. The van der Waals surface area contributed by atoms with Crippen LogP contribution in [0.1, 0.15) is 31.8 Å². The Kier molecular flexibility index (Phi) is 7.42. The maximum atomic E-state index is 12.2. The predicted octanol–water partition coefficient (Wildman–Crippen LogP) is 3.74. The summed E-state index contributed by atoms with van der Waals surface area (Å²) >= 11 is 0. The van der Waals surface area contributed by atoms with Crippen LogP contribution in [0.5, 0.6) is 17.2 Å². The van der Waals surface area contributed by atoms with Gasteiger partial charge in [-0.25, -0.2) is 10.2 Å². The highest BCUT2D eigenvalue weighted by Crippen LogP contribution is 2.28. The number of carbonyl (C=O) groups is 2. The van der Waals surface area contributed by atoms with E-state index in [1.54, 1.807) is 67.8 Å². The van der Waals surface area contributed by atoms with Crippen molar-refractivity contribution in [2.24, 2.45) is 5.10 Å². The second-order valence-electron chi connectivity index (χ2n) is 6.63. The third-order valence-electron chi connectivity index (χ3n) is 4.49. The molecule has 0 aromatic heterocycles. The van der Waals surface area contributed by atoms with Crippen LogP contribution in [-0.4, -0.2) is 37.4 Å². The molecule has 0 atom stereocenters. The van der Waals surface area contributed by atoms with E-state index >= 15 is 0 Å². The van der Waals surface area contributed by atoms with Gasteiger partial charge in [-0.05, 0) is 65.7 Å². The first-order valence-electron chi connectivity index (χ1n) is 9.60. The van der Waals surface area contributed by atoms with Crippen molar-refractivity contribution in [3.63, 3.8) is 0 Å². The molecule has 32 heavy (non-hydrogen) atoms. The number of nitrogens with zero attached hydrogens (tertiary/aromatic N) is 1. The Morgan fingerprint density at radius 2 is 1.72 bits per heavy atom. The molecule has 0 aliphatic heterocycles. The number of nitrogens with one attached hydrogen (secondary N) is 1. The van der Waals surface area contributed by atoms with E-state index in [1.807, 2.05) is 0 Å². The van der Waals surface area contributed by atoms with Crippen LogP contribution in [0.25, 0.3) is 0 Å². The van der Waals surface area contributed by atoms with Crippen molar-refractivity contribution in [1.29, 1.82) is 0 Å². The molecule has 3 aromatic rings. The van der Waals surface area contributed by atoms with E-state index in [0.717, 1.165) is 5.56 Å². The summed E-state index contributed by atoms with van der Waals surface area (Å²) in [6.45, 7) is 0.183. The van der Waals surface area contributed by atoms with Gasteiger partial charge in [-0.3, -0.25) is 4.79 Å². The average molecular weight is 434 g/mol. The van der Waals surface area contributed by atoms with Crippen LogP contribution in [0.2, 0.25) is 0 Å². The number of rotatable bonds is 9. The molecule has 2 N–H and O–H groups in total. The molecule has 0 saturated carbocycles. The highest BCUT2D eigenvalue weighted by atomic mass is 16.5. The smallest absolute Gasteiger partial charge is 0.335 e. The van der Waals surface area contributed by atoms with Gasteiger partial charge in [0.05, 0.1) is 26.0 Å². The molecule has 0 heterocycles. The highest BCUT2D eigenvalue weighted by molar-refractivity contribution is 5.95. The van der Waals surface area contributed by atoms with Crippen LogP contribution < -0.4 is 19.6 Å². The third-order valence-corrected chi connectivity index (χ3v) is 4.49. The number of hydrogen-bond acceptors (Lipinski definition) is 6. The molecule has 8 heteroatoms. The number of aromatic carboxylic acids is 1. The van der Waals surface area contributed by atoms with Crippen LogP contribution >= 0.6 is 0 Å². The SMILES string of the molecule is COc1ccc(C(=O)N/N=C\c2ccc(OCc3cccc(C(=O)O)c3)c(OC)c2)cc1. The van der Waals surface area contributed by atoms with Crippen molar-refractivity contribution in [2.75, 3.05) is 14.2 Å². The van der Waals surface area contributed by atoms with Gasteiger partial charge in [0, 0.05) is 5.56 Å². The van der Waals surface area contributed by atoms with Gasteiger partial charge < -0.3 is 19.3 Å². The summed E-state index contributed by atoms with van der Waals surface area (Å²) in [5.74, 6) is 0.290. The molecule has 0 bridgehead atoms. The molecule has 0 unspecified atom stereocenters. The van der Waals surface area contributed by atoms with Crippen molar-refractivity contribution in [1.82, 2.24) is 5.43 Å². The van der Waals surface area contributed by atoms with Crippen molar-refractivity contribution in [3.05, 3.63) is 89.0 Å². The molecule has 1 amide bonds. The molecular formula is C24H22N2O6. The number of carbonyl (C=O) groups excluding carboxylic acids is 1. The maximum absolute atomic E-state index is 12.2. The summed E-state index contributed by atoms with van der Waals surface area (Å²) in [5.41, 5.74) is 4.53. The monoisotopic (exact) mass is 434 g/mol. The van der Waals surface area contributed by atoms with Crippen molar-refractivity contribution in [3.8, 4) is 17.2 Å². The van der Waals surface area contributed by atoms with Crippen molar-refractivity contribution in [2.45, 2.75) is 6.61 Å². The first kappa shape index (κ1) is 22.4. The quantitative estimate of drug-likeness (QED) is 0.393. The fourth-order valence-electron chi connectivity index (χ4n) is 2.81. The van der Waals surface area contributed by atoms with Gasteiger partial charge in [0.2, 0.25) is 0 Å². The van der Waals surface area contributed by atoms with E-state index in [2.05, 4.69) is 10.5 Å². The zero-order chi connectivity index (χ0) is 22.9. The molecule has 8 nitrogen and oxygen atoms in total. The van der Waals surface area contributed by atoms with E-state index in [9.17, 15) is 9.59 Å². The predicted molar refractivity (Wildman–Crippen MR) is 119 cm³/mol. The van der Waals surface area contributed by atoms with Gasteiger partial charge in [-0.2, -0.15) is 5.10 Å². The number of benzene rings is 3. The molecule has 0 aliphatic carbocycles. The summed E-state index contributed by atoms with van der Waals surface area (Å²) < 4.78 is 16.2. The van der Waals surface area contributed by atoms with Crippen LogP contribution in [0.3, 0.4) is 0 Å². The number of carboxylic acids is 1. The molecule has 0 saturated heterocycles. The van der Waals surface area contributed by atoms with Gasteiger partial charge in [0.15, 0.2) is 11.5 Å². The lowest BCUT2D eigenvalue weighted by Crippen LogP contribution is -2.17. The van der Waals surface area contributed by atoms with E-state index in [1.165, 1.54) is 19.4 Å². The number of hydrogen-bond donors (Lipinski definition) is 2. The third kappa shape index (κ3) is 5.85. The summed E-state index contributed by atoms with van der Waals surface area (Å²) in [6.07, 6.45) is 1.49. The van der Waals surface area contributed by atoms with Gasteiger partial charge in [0.25, 0.3) is 5.91 Å². The molecular weight excluding hydrogens is 412 g/mol. The minimum Gasteiger partial charge on any atom is -0.497 e. The fourth-order valence-corrected chi connectivity index (χ4v) is 2.81. The van der Waals surface area contributed by atoms with Gasteiger partial charge >= 0.3 is 5.97 Å². The molecule has 0 radical (unpaired) electrons. The zero-order valence-corrected chi connectivity index (χ0v) is 17.6.